The zero-order valence-electron chi connectivity index (χ0n) is 11.5. The zero-order chi connectivity index (χ0) is 13.7. The maximum Gasteiger partial charge on any atom is 0.179 e. The van der Waals surface area contributed by atoms with Gasteiger partial charge in [0.2, 0.25) is 0 Å². The van der Waals surface area contributed by atoms with Crippen LogP contribution in [0.1, 0.15) is 38.1 Å². The first kappa shape index (κ1) is 14.5. The number of hydrogen-bond acceptors (Lipinski definition) is 4. The molecular weight excluding hydrogens is 228 g/mol. The van der Waals surface area contributed by atoms with Crippen LogP contribution in [0.15, 0.2) is 18.2 Å². The topological polar surface area (TPSA) is 64.3 Å². The van der Waals surface area contributed by atoms with Crippen molar-refractivity contribution in [1.82, 2.24) is 5.32 Å². The first-order chi connectivity index (χ1) is 8.45. The lowest BCUT2D eigenvalue weighted by atomic mass is 10.0. The third-order valence-electron chi connectivity index (χ3n) is 2.57. The number of rotatable bonds is 6. The van der Waals surface area contributed by atoms with Gasteiger partial charge in [-0.25, -0.2) is 0 Å². The van der Waals surface area contributed by atoms with Gasteiger partial charge in [-0.3, -0.25) is 4.79 Å². The lowest BCUT2D eigenvalue weighted by Gasteiger charge is -2.16. The lowest BCUT2D eigenvalue weighted by molar-refractivity contribution is 0.0946. The average Bonchev–Trinajstić information content (AvgIpc) is 2.30. The Bertz CT molecular complexity index is 416. The first-order valence-corrected chi connectivity index (χ1v) is 6.28. The minimum Gasteiger partial charge on any atom is -0.492 e. The Balaban J connectivity index is 2.84. The molecular formula is C14H22N2O2. The molecule has 0 amide bonds. The summed E-state index contributed by atoms with van der Waals surface area (Å²) in [5.74, 6) is 0.664. The molecule has 0 aliphatic heterocycles. The third kappa shape index (κ3) is 3.74. The highest BCUT2D eigenvalue weighted by atomic mass is 16.5. The van der Waals surface area contributed by atoms with Gasteiger partial charge in [-0.15, -0.1) is 0 Å². The monoisotopic (exact) mass is 250 g/mol. The van der Waals surface area contributed by atoms with Crippen LogP contribution < -0.4 is 15.8 Å². The van der Waals surface area contributed by atoms with Crippen LogP contribution in [-0.4, -0.2) is 24.5 Å². The molecule has 1 unspecified atom stereocenters. The Kier molecular flexibility index (Phi) is 5.16. The molecule has 0 aliphatic carbocycles. The average molecular weight is 250 g/mol. The van der Waals surface area contributed by atoms with Crippen molar-refractivity contribution < 1.29 is 9.53 Å². The van der Waals surface area contributed by atoms with Gasteiger partial charge in [0.25, 0.3) is 0 Å². The van der Waals surface area contributed by atoms with Crippen LogP contribution in [0.3, 0.4) is 0 Å². The van der Waals surface area contributed by atoms with E-state index in [9.17, 15) is 4.79 Å². The van der Waals surface area contributed by atoms with Crippen molar-refractivity contribution in [1.29, 1.82) is 0 Å². The number of nitrogens with one attached hydrogen (secondary N) is 1. The number of ketones is 1. The second kappa shape index (κ2) is 6.40. The molecule has 0 saturated heterocycles. The van der Waals surface area contributed by atoms with Gasteiger partial charge in [0, 0.05) is 11.6 Å². The summed E-state index contributed by atoms with van der Waals surface area (Å²) in [6.45, 7) is 8.33. The standard InChI is InChI=1S/C14H22N2O2/c1-5-18-13-7-6-11(8-12(13)15)14(17)10(4)16-9(2)3/h6-10,16H,5,15H2,1-4H3. The molecule has 1 atom stereocenters. The number of Topliss-reactive ketones (excluding diaryl/α,β-unsaturated/α-hetero) is 1. The van der Waals surface area contributed by atoms with Gasteiger partial charge in [-0.05, 0) is 32.0 Å². The summed E-state index contributed by atoms with van der Waals surface area (Å²) < 4.78 is 5.34. The molecule has 0 aliphatic rings. The number of carbonyl (C=O) groups is 1. The maximum atomic E-state index is 12.1. The number of carbonyl (C=O) groups excluding carboxylic acids is 1. The van der Waals surface area contributed by atoms with E-state index >= 15 is 0 Å². The van der Waals surface area contributed by atoms with E-state index < -0.39 is 0 Å². The molecule has 18 heavy (non-hydrogen) atoms. The van der Waals surface area contributed by atoms with Gasteiger partial charge in [-0.1, -0.05) is 13.8 Å². The molecule has 0 aromatic heterocycles. The van der Waals surface area contributed by atoms with Crippen molar-refractivity contribution in [3.63, 3.8) is 0 Å². The Hall–Kier alpha value is -1.55. The SMILES string of the molecule is CCOc1ccc(C(=O)C(C)NC(C)C)cc1N. The van der Waals surface area contributed by atoms with E-state index in [1.165, 1.54) is 0 Å². The van der Waals surface area contributed by atoms with Crippen molar-refractivity contribution >= 4 is 11.5 Å². The quantitative estimate of drug-likeness (QED) is 0.600. The van der Waals surface area contributed by atoms with Crippen molar-refractivity contribution in [2.75, 3.05) is 12.3 Å². The predicted molar refractivity (Wildman–Crippen MR) is 74.1 cm³/mol. The summed E-state index contributed by atoms with van der Waals surface area (Å²) >= 11 is 0. The van der Waals surface area contributed by atoms with Crippen LogP contribution in [0, 0.1) is 0 Å². The summed E-state index contributed by atoms with van der Waals surface area (Å²) in [6.07, 6.45) is 0. The fourth-order valence-electron chi connectivity index (χ4n) is 1.81. The fourth-order valence-corrected chi connectivity index (χ4v) is 1.81. The molecule has 100 valence electrons. The molecule has 0 spiro atoms. The van der Waals surface area contributed by atoms with Crippen LogP contribution >= 0.6 is 0 Å². The highest BCUT2D eigenvalue weighted by Gasteiger charge is 2.16. The Morgan fingerprint density at radius 3 is 2.56 bits per heavy atom. The number of hydrogen-bond donors (Lipinski definition) is 2. The molecule has 4 nitrogen and oxygen atoms in total. The predicted octanol–water partition coefficient (Wildman–Crippen LogP) is 2.24. The minimum absolute atomic E-state index is 0.0402. The van der Waals surface area contributed by atoms with E-state index in [-0.39, 0.29) is 17.9 Å². The smallest absolute Gasteiger partial charge is 0.179 e. The van der Waals surface area contributed by atoms with E-state index in [1.807, 2.05) is 27.7 Å². The molecule has 1 aromatic rings. The van der Waals surface area contributed by atoms with Crippen LogP contribution in [0.4, 0.5) is 5.69 Å². The number of nitrogen functional groups attached to an aromatic ring is 1. The van der Waals surface area contributed by atoms with Crippen molar-refractivity contribution in [2.24, 2.45) is 0 Å². The normalized spacial score (nSPS) is 12.5. The van der Waals surface area contributed by atoms with E-state index in [1.54, 1.807) is 18.2 Å². The van der Waals surface area contributed by atoms with Gasteiger partial charge in [0.15, 0.2) is 5.78 Å². The van der Waals surface area contributed by atoms with Crippen molar-refractivity contribution in [2.45, 2.75) is 39.8 Å². The van der Waals surface area contributed by atoms with Crippen molar-refractivity contribution in [3.05, 3.63) is 23.8 Å². The Morgan fingerprint density at radius 2 is 2.06 bits per heavy atom. The van der Waals surface area contributed by atoms with E-state index in [0.717, 1.165) is 0 Å². The summed E-state index contributed by atoms with van der Waals surface area (Å²) in [6, 6.07) is 5.22. The largest absolute Gasteiger partial charge is 0.492 e. The molecule has 1 aromatic carbocycles. The minimum atomic E-state index is -0.220. The fraction of sp³-hybridized carbons (Fsp3) is 0.500. The number of anilines is 1. The van der Waals surface area contributed by atoms with E-state index in [0.29, 0.717) is 23.6 Å². The highest BCUT2D eigenvalue weighted by Crippen LogP contribution is 2.23. The molecule has 0 fully saturated rings. The third-order valence-corrected chi connectivity index (χ3v) is 2.57. The Labute approximate surface area is 109 Å². The molecule has 0 bridgehead atoms. The summed E-state index contributed by atoms with van der Waals surface area (Å²) in [5, 5.41) is 3.18. The molecule has 1 rings (SSSR count). The van der Waals surface area contributed by atoms with Crippen molar-refractivity contribution in [3.8, 4) is 5.75 Å². The van der Waals surface area contributed by atoms with E-state index in [4.69, 9.17) is 10.5 Å². The lowest BCUT2D eigenvalue weighted by Crippen LogP contribution is -2.38. The first-order valence-electron chi connectivity index (χ1n) is 6.28. The summed E-state index contributed by atoms with van der Waals surface area (Å²) in [5.41, 5.74) is 6.96. The maximum absolute atomic E-state index is 12.1. The van der Waals surface area contributed by atoms with E-state index in [2.05, 4.69) is 5.32 Å². The van der Waals surface area contributed by atoms with Crippen LogP contribution in [0.2, 0.25) is 0 Å². The molecule has 0 radical (unpaired) electrons. The van der Waals surface area contributed by atoms with Gasteiger partial charge >= 0.3 is 0 Å². The van der Waals surface area contributed by atoms with Crippen LogP contribution in [0.25, 0.3) is 0 Å². The zero-order valence-corrected chi connectivity index (χ0v) is 11.5. The van der Waals surface area contributed by atoms with Gasteiger partial charge in [-0.2, -0.15) is 0 Å². The van der Waals surface area contributed by atoms with Gasteiger partial charge in [0.1, 0.15) is 5.75 Å². The number of ether oxygens (including phenoxy) is 1. The number of nitrogens with two attached hydrogens (primary N) is 1. The summed E-state index contributed by atoms with van der Waals surface area (Å²) in [4.78, 5) is 12.1. The molecule has 4 heteroatoms. The van der Waals surface area contributed by atoms with Crippen LogP contribution in [-0.2, 0) is 0 Å². The summed E-state index contributed by atoms with van der Waals surface area (Å²) in [7, 11) is 0. The second-order valence-electron chi connectivity index (χ2n) is 4.59. The van der Waals surface area contributed by atoms with Gasteiger partial charge < -0.3 is 15.8 Å². The second-order valence-corrected chi connectivity index (χ2v) is 4.59. The molecule has 0 heterocycles. The van der Waals surface area contributed by atoms with Gasteiger partial charge in [0.05, 0.1) is 18.3 Å². The number of benzene rings is 1. The van der Waals surface area contributed by atoms with Crippen LogP contribution in [0.5, 0.6) is 5.75 Å². The Morgan fingerprint density at radius 1 is 1.39 bits per heavy atom. The molecule has 3 N–H and O–H groups in total. The molecule has 0 saturated carbocycles. The highest BCUT2D eigenvalue weighted by molar-refractivity contribution is 6.00.